The van der Waals surface area contributed by atoms with Crippen LogP contribution in [-0.2, 0) is 13.2 Å². The predicted molar refractivity (Wildman–Crippen MR) is 131 cm³/mol. The van der Waals surface area contributed by atoms with Gasteiger partial charge in [0.1, 0.15) is 18.2 Å². The van der Waals surface area contributed by atoms with Crippen LogP contribution in [0.15, 0.2) is 60.7 Å². The van der Waals surface area contributed by atoms with Crippen LogP contribution in [0, 0.1) is 5.82 Å². The molecule has 0 aliphatic rings. The highest BCUT2D eigenvalue weighted by Crippen LogP contribution is 2.41. The number of aliphatic hydroxyl groups excluding tert-OH is 1. The molecule has 0 heterocycles. The Kier molecular flexibility index (Phi) is 7.87. The van der Waals surface area contributed by atoms with Gasteiger partial charge in [0.05, 0.1) is 12.2 Å². The van der Waals surface area contributed by atoms with Crippen LogP contribution in [0.5, 0.6) is 5.75 Å². The predicted octanol–water partition coefficient (Wildman–Crippen LogP) is 7.84. The number of halogens is 1. The Balaban J connectivity index is 2.26. The van der Waals surface area contributed by atoms with E-state index in [1.807, 2.05) is 43.3 Å². The molecule has 32 heavy (non-hydrogen) atoms. The van der Waals surface area contributed by atoms with Crippen molar-refractivity contribution in [1.82, 2.24) is 0 Å². The second-order valence-electron chi connectivity index (χ2n) is 8.72. The minimum absolute atomic E-state index is 0.0876. The first-order valence-electron chi connectivity index (χ1n) is 11.3. The Hall–Kier alpha value is -2.91. The van der Waals surface area contributed by atoms with Crippen molar-refractivity contribution in [2.24, 2.45) is 0 Å². The lowest BCUT2D eigenvalue weighted by molar-refractivity contribution is 0.280. The maximum absolute atomic E-state index is 14.9. The van der Waals surface area contributed by atoms with E-state index >= 15 is 0 Å². The second kappa shape index (κ2) is 10.6. The molecule has 0 saturated carbocycles. The zero-order valence-corrected chi connectivity index (χ0v) is 19.7. The molecule has 3 rings (SSSR count). The maximum Gasteiger partial charge on any atom is 0.137 e. The number of hydrogen-bond acceptors (Lipinski definition) is 2. The number of aliphatic hydroxyl groups is 1. The molecule has 0 radical (unpaired) electrons. The Morgan fingerprint density at radius 2 is 1.66 bits per heavy atom. The fraction of sp³-hybridized carbons (Fsp3) is 0.310. The first-order valence-corrected chi connectivity index (χ1v) is 11.3. The monoisotopic (exact) mass is 432 g/mol. The first kappa shape index (κ1) is 23.7. The van der Waals surface area contributed by atoms with Crippen LogP contribution in [0.4, 0.5) is 4.39 Å². The molecule has 0 amide bonds. The summed E-state index contributed by atoms with van der Waals surface area (Å²) in [7, 11) is 0. The molecule has 2 nitrogen and oxygen atoms in total. The standard InChI is InChI=1S/C29H33FO2/c1-6-10-24-28(30)14-13-23(29(24)32-18-21-11-8-7-9-12-21)26-16-22(19(2)3)15-25(20(4)5)27(26)17-31/h6-16,19-20,31H,17-18H2,1-5H3. The summed E-state index contributed by atoms with van der Waals surface area (Å²) in [6.45, 7) is 10.7. The van der Waals surface area contributed by atoms with E-state index in [1.54, 1.807) is 12.1 Å². The molecule has 1 N–H and O–H groups in total. The second-order valence-corrected chi connectivity index (χ2v) is 8.72. The Labute approximate surface area is 191 Å². The van der Waals surface area contributed by atoms with Crippen molar-refractivity contribution in [1.29, 1.82) is 0 Å². The van der Waals surface area contributed by atoms with Gasteiger partial charge in [0, 0.05) is 5.56 Å². The van der Waals surface area contributed by atoms with Crippen LogP contribution in [0.1, 0.15) is 74.3 Å². The van der Waals surface area contributed by atoms with Crippen LogP contribution in [0.3, 0.4) is 0 Å². The zero-order chi connectivity index (χ0) is 23.3. The molecule has 0 atom stereocenters. The van der Waals surface area contributed by atoms with Crippen molar-refractivity contribution in [3.8, 4) is 16.9 Å². The molecule has 0 unspecified atom stereocenters. The SMILES string of the molecule is CC=Cc1c(F)ccc(-c2cc(C(C)C)cc(C(C)C)c2CO)c1OCc1ccccc1. The van der Waals surface area contributed by atoms with Gasteiger partial charge >= 0.3 is 0 Å². The van der Waals surface area contributed by atoms with Crippen molar-refractivity contribution < 1.29 is 14.2 Å². The Bertz CT molecular complexity index is 1080. The maximum atomic E-state index is 14.9. The van der Waals surface area contributed by atoms with Gasteiger partial charge in [0.25, 0.3) is 0 Å². The number of ether oxygens (including phenoxy) is 1. The van der Waals surface area contributed by atoms with E-state index < -0.39 is 0 Å². The highest BCUT2D eigenvalue weighted by Gasteiger charge is 2.21. The molecule has 3 aromatic carbocycles. The number of hydrogen-bond donors (Lipinski definition) is 1. The van der Waals surface area contributed by atoms with Crippen molar-refractivity contribution in [2.75, 3.05) is 0 Å². The van der Waals surface area contributed by atoms with Crippen LogP contribution < -0.4 is 4.74 Å². The molecular formula is C29H33FO2. The van der Waals surface area contributed by atoms with Gasteiger partial charge in [-0.05, 0) is 58.7 Å². The Morgan fingerprint density at radius 1 is 0.938 bits per heavy atom. The molecule has 0 bridgehead atoms. The van der Waals surface area contributed by atoms with Gasteiger partial charge in [0.2, 0.25) is 0 Å². The summed E-state index contributed by atoms with van der Waals surface area (Å²) in [6, 6.07) is 17.4. The van der Waals surface area contributed by atoms with Crippen LogP contribution in [0.25, 0.3) is 17.2 Å². The van der Waals surface area contributed by atoms with Gasteiger partial charge in [-0.15, -0.1) is 0 Å². The summed E-state index contributed by atoms with van der Waals surface area (Å²) in [5.41, 5.74) is 6.29. The quantitative estimate of drug-likeness (QED) is 0.393. The van der Waals surface area contributed by atoms with Crippen LogP contribution >= 0.6 is 0 Å². The van der Waals surface area contributed by atoms with E-state index in [0.717, 1.165) is 27.8 Å². The Morgan fingerprint density at radius 3 is 2.25 bits per heavy atom. The van der Waals surface area contributed by atoms with Gasteiger partial charge < -0.3 is 9.84 Å². The zero-order valence-electron chi connectivity index (χ0n) is 19.7. The summed E-state index contributed by atoms with van der Waals surface area (Å²) in [6.07, 6.45) is 3.56. The third kappa shape index (κ3) is 5.11. The highest BCUT2D eigenvalue weighted by atomic mass is 19.1. The van der Waals surface area contributed by atoms with E-state index in [9.17, 15) is 9.50 Å². The molecule has 3 aromatic rings. The third-order valence-corrected chi connectivity index (χ3v) is 5.75. The van der Waals surface area contributed by atoms with Crippen LogP contribution in [0.2, 0.25) is 0 Å². The lowest BCUT2D eigenvalue weighted by atomic mass is 9.85. The molecule has 0 fully saturated rings. The molecule has 0 aliphatic carbocycles. The van der Waals surface area contributed by atoms with E-state index in [-0.39, 0.29) is 18.3 Å². The van der Waals surface area contributed by atoms with Crippen molar-refractivity contribution in [3.63, 3.8) is 0 Å². The minimum Gasteiger partial charge on any atom is -0.488 e. The fourth-order valence-electron chi connectivity index (χ4n) is 3.98. The van der Waals surface area contributed by atoms with Crippen molar-refractivity contribution >= 4 is 6.08 Å². The lowest BCUT2D eigenvalue weighted by Crippen LogP contribution is -2.06. The van der Waals surface area contributed by atoms with Crippen molar-refractivity contribution in [3.05, 3.63) is 94.3 Å². The first-order chi connectivity index (χ1) is 15.4. The van der Waals surface area contributed by atoms with Gasteiger partial charge in [0.15, 0.2) is 0 Å². The summed E-state index contributed by atoms with van der Waals surface area (Å²) >= 11 is 0. The smallest absolute Gasteiger partial charge is 0.137 e. The van der Waals surface area contributed by atoms with Crippen molar-refractivity contribution in [2.45, 2.75) is 59.7 Å². The molecule has 3 heteroatoms. The number of rotatable bonds is 8. The molecule has 0 spiro atoms. The number of allylic oxidation sites excluding steroid dienone is 1. The fourth-order valence-corrected chi connectivity index (χ4v) is 3.98. The van der Waals surface area contributed by atoms with E-state index in [4.69, 9.17) is 4.74 Å². The highest BCUT2D eigenvalue weighted by molar-refractivity contribution is 5.80. The average molecular weight is 433 g/mol. The lowest BCUT2D eigenvalue weighted by Gasteiger charge is -2.22. The van der Waals surface area contributed by atoms with E-state index in [2.05, 4.69) is 39.8 Å². The van der Waals surface area contributed by atoms with E-state index in [1.165, 1.54) is 11.6 Å². The van der Waals surface area contributed by atoms with E-state index in [0.29, 0.717) is 23.8 Å². The van der Waals surface area contributed by atoms with Gasteiger partial charge in [-0.1, -0.05) is 82.3 Å². The third-order valence-electron chi connectivity index (χ3n) is 5.75. The molecule has 0 saturated heterocycles. The summed E-state index contributed by atoms with van der Waals surface area (Å²) in [5, 5.41) is 10.3. The minimum atomic E-state index is -0.329. The molecule has 168 valence electrons. The van der Waals surface area contributed by atoms with Gasteiger partial charge in [-0.25, -0.2) is 4.39 Å². The normalized spacial score (nSPS) is 11.7. The molecule has 0 aromatic heterocycles. The molecular weight excluding hydrogens is 399 g/mol. The number of benzene rings is 3. The van der Waals surface area contributed by atoms with Gasteiger partial charge in [-0.3, -0.25) is 0 Å². The summed E-state index contributed by atoms with van der Waals surface area (Å²) < 4.78 is 21.1. The topological polar surface area (TPSA) is 29.5 Å². The molecule has 0 aliphatic heterocycles. The van der Waals surface area contributed by atoms with Crippen LogP contribution in [-0.4, -0.2) is 5.11 Å². The summed E-state index contributed by atoms with van der Waals surface area (Å²) in [4.78, 5) is 0. The average Bonchev–Trinajstić information content (AvgIpc) is 2.79. The van der Waals surface area contributed by atoms with Gasteiger partial charge in [-0.2, -0.15) is 0 Å². The largest absolute Gasteiger partial charge is 0.488 e. The summed E-state index contributed by atoms with van der Waals surface area (Å²) in [5.74, 6) is 0.740.